The van der Waals surface area contributed by atoms with E-state index < -0.39 is 5.82 Å². The van der Waals surface area contributed by atoms with Gasteiger partial charge in [-0.1, -0.05) is 6.07 Å². The van der Waals surface area contributed by atoms with Gasteiger partial charge in [-0.05, 0) is 48.6 Å². The highest BCUT2D eigenvalue weighted by molar-refractivity contribution is 7.22. The number of urea groups is 1. The molecule has 0 spiro atoms. The van der Waals surface area contributed by atoms with Gasteiger partial charge in [-0.3, -0.25) is 9.97 Å². The third-order valence-electron chi connectivity index (χ3n) is 5.92. The Kier molecular flexibility index (Phi) is 7.88. The molecule has 3 N–H and O–H groups in total. The zero-order valence-corrected chi connectivity index (χ0v) is 21.2. The average Bonchev–Trinajstić information content (AvgIpc) is 3.63. The van der Waals surface area contributed by atoms with Crippen LogP contribution in [-0.2, 0) is 11.3 Å². The molecule has 4 aromatic rings. The molecule has 0 bridgehead atoms. The summed E-state index contributed by atoms with van der Waals surface area (Å²) in [5.74, 6) is 0.562. The Hall–Kier alpha value is -3.60. The zero-order valence-electron chi connectivity index (χ0n) is 20.4. The largest absolute Gasteiger partial charge is 0.453 e. The first kappa shape index (κ1) is 25.1. The number of thiophene rings is 1. The molecule has 0 unspecified atom stereocenters. The number of hydrogen-bond donors (Lipinski definition) is 3. The van der Waals surface area contributed by atoms with Gasteiger partial charge in [0.1, 0.15) is 5.75 Å². The topological polar surface area (TPSA) is 97.4 Å². The van der Waals surface area contributed by atoms with Crippen molar-refractivity contribution in [2.45, 2.75) is 19.4 Å². The van der Waals surface area contributed by atoms with Gasteiger partial charge in [0.25, 0.3) is 0 Å². The number of anilines is 1. The van der Waals surface area contributed by atoms with Crippen LogP contribution >= 0.6 is 11.3 Å². The number of aromatic nitrogens is 2. The molecule has 192 valence electrons. The molecule has 0 radical (unpaired) electrons. The molecule has 0 saturated heterocycles. The molecule has 2 amide bonds. The number of nitrogens with one attached hydrogen (secondary N) is 3. The van der Waals surface area contributed by atoms with Crippen LogP contribution in [0.25, 0.3) is 20.8 Å². The third-order valence-corrected chi connectivity index (χ3v) is 7.08. The summed E-state index contributed by atoms with van der Waals surface area (Å²) < 4.78 is 26.6. The van der Waals surface area contributed by atoms with E-state index in [-0.39, 0.29) is 11.8 Å². The Morgan fingerprint density at radius 1 is 1.14 bits per heavy atom. The molecule has 1 saturated carbocycles. The van der Waals surface area contributed by atoms with Gasteiger partial charge in [0.05, 0.1) is 27.4 Å². The normalized spacial score (nSPS) is 13.0. The number of nitrogens with zero attached hydrogens (tertiary/aromatic N) is 2. The molecule has 1 aliphatic rings. The molecule has 0 atom stereocenters. The van der Waals surface area contributed by atoms with Gasteiger partial charge in [-0.25, -0.2) is 9.18 Å². The number of amides is 2. The minimum Gasteiger partial charge on any atom is -0.453 e. The van der Waals surface area contributed by atoms with Gasteiger partial charge < -0.3 is 25.4 Å². The number of rotatable bonds is 11. The van der Waals surface area contributed by atoms with E-state index in [9.17, 15) is 9.18 Å². The number of fused-ring (bicyclic) bond motifs is 1. The number of hydrogen-bond acceptors (Lipinski definition) is 7. The molecule has 0 aliphatic heterocycles. The van der Waals surface area contributed by atoms with E-state index in [1.165, 1.54) is 23.5 Å². The van der Waals surface area contributed by atoms with Crippen molar-refractivity contribution in [2.75, 3.05) is 32.1 Å². The fourth-order valence-electron chi connectivity index (χ4n) is 3.72. The summed E-state index contributed by atoms with van der Waals surface area (Å²) in [7, 11) is 1.68. The van der Waals surface area contributed by atoms with Crippen molar-refractivity contribution < 1.29 is 18.7 Å². The number of ether oxygens (including phenoxy) is 2. The minimum absolute atomic E-state index is 0.0647. The van der Waals surface area contributed by atoms with E-state index in [0.29, 0.717) is 37.1 Å². The molecule has 37 heavy (non-hydrogen) atoms. The summed E-state index contributed by atoms with van der Waals surface area (Å²) in [4.78, 5) is 22.0. The maximum atomic E-state index is 14.8. The number of halogens is 1. The van der Waals surface area contributed by atoms with Gasteiger partial charge in [-0.2, -0.15) is 0 Å². The van der Waals surface area contributed by atoms with E-state index in [0.717, 1.165) is 45.7 Å². The summed E-state index contributed by atoms with van der Waals surface area (Å²) >= 11 is 1.49. The van der Waals surface area contributed by atoms with Crippen molar-refractivity contribution in [1.82, 2.24) is 20.6 Å². The second-order valence-corrected chi connectivity index (χ2v) is 9.93. The van der Waals surface area contributed by atoms with Crippen LogP contribution in [0, 0.1) is 11.7 Å². The molecule has 1 fully saturated rings. The highest BCUT2D eigenvalue weighted by Crippen LogP contribution is 2.39. The molecular formula is C27H28FN5O3S. The Labute approximate surface area is 218 Å². The predicted octanol–water partition coefficient (Wildman–Crippen LogP) is 5.56. The van der Waals surface area contributed by atoms with Crippen molar-refractivity contribution in [3.05, 3.63) is 66.2 Å². The predicted molar refractivity (Wildman–Crippen MR) is 143 cm³/mol. The van der Waals surface area contributed by atoms with E-state index in [1.54, 1.807) is 25.4 Å². The number of carbonyl (C=O) groups excluding carboxylic acids is 1. The standard InChI is InChI=1S/C27H28FN5O3S/c1-35-11-10-29-14-18-4-6-21(31-16-18)25-13-22-26(37-25)24(8-9-30-22)36-23-7-5-19(12-20(23)28)33-27(34)32-15-17-2-3-17/h4-9,12-13,16-17,29H,2-3,10-11,14-15H2,1H3,(H2,32,33,34). The molecular weight excluding hydrogens is 493 g/mol. The summed E-state index contributed by atoms with van der Waals surface area (Å²) in [5, 5.41) is 8.76. The number of carbonyl (C=O) groups is 1. The Morgan fingerprint density at radius 2 is 2.03 bits per heavy atom. The van der Waals surface area contributed by atoms with Crippen LogP contribution in [-0.4, -0.2) is 42.8 Å². The molecule has 1 aromatic carbocycles. The Balaban J connectivity index is 1.27. The van der Waals surface area contributed by atoms with E-state index in [4.69, 9.17) is 9.47 Å². The van der Waals surface area contributed by atoms with Crippen molar-refractivity contribution in [2.24, 2.45) is 5.92 Å². The second-order valence-electron chi connectivity index (χ2n) is 8.88. The van der Waals surface area contributed by atoms with Crippen molar-refractivity contribution >= 4 is 33.3 Å². The number of pyridine rings is 2. The van der Waals surface area contributed by atoms with Gasteiger partial charge in [-0.15, -0.1) is 11.3 Å². The van der Waals surface area contributed by atoms with Gasteiger partial charge in [0.15, 0.2) is 11.6 Å². The summed E-state index contributed by atoms with van der Waals surface area (Å²) in [6.45, 7) is 2.79. The average molecular weight is 522 g/mol. The van der Waals surface area contributed by atoms with Crippen LogP contribution in [0.4, 0.5) is 14.9 Å². The van der Waals surface area contributed by atoms with Gasteiger partial charge >= 0.3 is 6.03 Å². The third kappa shape index (κ3) is 6.59. The quantitative estimate of drug-likeness (QED) is 0.224. The lowest BCUT2D eigenvalue weighted by atomic mass is 10.2. The Morgan fingerprint density at radius 3 is 2.78 bits per heavy atom. The van der Waals surface area contributed by atoms with E-state index in [1.807, 2.05) is 24.4 Å². The first-order valence-corrected chi connectivity index (χ1v) is 13.0. The van der Waals surface area contributed by atoms with Crippen molar-refractivity contribution in [3.63, 3.8) is 0 Å². The van der Waals surface area contributed by atoms with Crippen LogP contribution in [0.1, 0.15) is 18.4 Å². The maximum Gasteiger partial charge on any atom is 0.319 e. The fourth-order valence-corrected chi connectivity index (χ4v) is 4.76. The molecule has 5 rings (SSSR count). The lowest BCUT2D eigenvalue weighted by molar-refractivity contribution is 0.199. The van der Waals surface area contributed by atoms with E-state index >= 15 is 0 Å². The van der Waals surface area contributed by atoms with Gasteiger partial charge in [0, 0.05) is 57.0 Å². The van der Waals surface area contributed by atoms with Crippen LogP contribution in [0.5, 0.6) is 11.5 Å². The molecule has 10 heteroatoms. The SMILES string of the molecule is COCCNCc1ccc(-c2cc3nccc(Oc4ccc(NC(=O)NCC5CC5)cc4F)c3s2)nc1. The maximum absolute atomic E-state index is 14.8. The van der Waals surface area contributed by atoms with Crippen LogP contribution in [0.3, 0.4) is 0 Å². The fraction of sp³-hybridized carbons (Fsp3) is 0.296. The minimum atomic E-state index is -0.571. The smallest absolute Gasteiger partial charge is 0.319 e. The first-order valence-electron chi connectivity index (χ1n) is 12.1. The van der Waals surface area contributed by atoms with Crippen LogP contribution < -0.4 is 20.7 Å². The monoisotopic (exact) mass is 521 g/mol. The highest BCUT2D eigenvalue weighted by atomic mass is 32.1. The summed E-state index contributed by atoms with van der Waals surface area (Å²) in [6.07, 6.45) is 5.77. The van der Waals surface area contributed by atoms with Crippen LogP contribution in [0.2, 0.25) is 0 Å². The van der Waals surface area contributed by atoms with Crippen molar-refractivity contribution in [1.29, 1.82) is 0 Å². The van der Waals surface area contributed by atoms with Gasteiger partial charge in [0.2, 0.25) is 0 Å². The lowest BCUT2D eigenvalue weighted by Crippen LogP contribution is -2.30. The zero-order chi connectivity index (χ0) is 25.6. The summed E-state index contributed by atoms with van der Waals surface area (Å²) in [5.41, 5.74) is 3.02. The van der Waals surface area contributed by atoms with Crippen LogP contribution in [0.15, 0.2) is 54.9 Å². The lowest BCUT2D eigenvalue weighted by Gasteiger charge is -2.10. The molecule has 3 aromatic heterocycles. The number of methoxy groups -OCH3 is 1. The molecule has 8 nitrogen and oxygen atoms in total. The van der Waals surface area contributed by atoms with Crippen molar-refractivity contribution in [3.8, 4) is 22.1 Å². The number of benzene rings is 1. The highest BCUT2D eigenvalue weighted by Gasteiger charge is 2.21. The molecule has 1 aliphatic carbocycles. The first-order chi connectivity index (χ1) is 18.1. The Bertz CT molecular complexity index is 1370. The summed E-state index contributed by atoms with van der Waals surface area (Å²) in [6, 6.07) is 11.7. The second kappa shape index (κ2) is 11.6. The van der Waals surface area contributed by atoms with E-state index in [2.05, 4.69) is 25.9 Å². The molecule has 3 heterocycles.